The molecule has 0 radical (unpaired) electrons. The van der Waals surface area contributed by atoms with Crippen molar-refractivity contribution in [3.05, 3.63) is 28.5 Å². The number of hydrogen-bond donors (Lipinski definition) is 1. The maximum atomic E-state index is 9.76. The minimum Gasteiger partial charge on any atom is -0.507 e. The van der Waals surface area contributed by atoms with Gasteiger partial charge in [0.25, 0.3) is 5.89 Å². The summed E-state index contributed by atoms with van der Waals surface area (Å²) in [6, 6.07) is 5.06. The third kappa shape index (κ3) is 2.48. The Morgan fingerprint density at radius 2 is 2.24 bits per heavy atom. The molecule has 0 saturated carbocycles. The third-order valence-corrected chi connectivity index (χ3v) is 2.84. The van der Waals surface area contributed by atoms with Crippen LogP contribution < -0.4 is 0 Å². The van der Waals surface area contributed by atoms with Crippen molar-refractivity contribution in [3.63, 3.8) is 0 Å². The van der Waals surface area contributed by atoms with Crippen LogP contribution in [0.5, 0.6) is 5.75 Å². The number of benzene rings is 1. The van der Waals surface area contributed by atoms with Gasteiger partial charge in [0.15, 0.2) is 0 Å². The quantitative estimate of drug-likeness (QED) is 0.943. The van der Waals surface area contributed by atoms with E-state index in [0.717, 1.165) is 4.47 Å². The highest BCUT2D eigenvalue weighted by atomic mass is 79.9. The molecule has 1 unspecified atom stereocenters. The van der Waals surface area contributed by atoms with Crippen LogP contribution in [0.3, 0.4) is 0 Å². The molecule has 0 spiro atoms. The minimum absolute atomic E-state index is 0.0830. The summed E-state index contributed by atoms with van der Waals surface area (Å²) < 4.78 is 10.9. The zero-order valence-electron chi connectivity index (χ0n) is 9.35. The lowest BCUT2D eigenvalue weighted by Crippen LogP contribution is -1.97. The monoisotopic (exact) mass is 298 g/mol. The zero-order valence-corrected chi connectivity index (χ0v) is 10.9. The van der Waals surface area contributed by atoms with Crippen molar-refractivity contribution >= 4 is 15.9 Å². The van der Waals surface area contributed by atoms with E-state index in [1.165, 1.54) is 0 Å². The maximum absolute atomic E-state index is 9.76. The molecule has 17 heavy (non-hydrogen) atoms. The van der Waals surface area contributed by atoms with Crippen LogP contribution in [0.2, 0.25) is 0 Å². The zero-order chi connectivity index (χ0) is 12.4. The molecule has 0 aliphatic rings. The molecule has 1 N–H and O–H groups in total. The lowest BCUT2D eigenvalue weighted by Gasteiger charge is -2.01. The molecule has 0 aliphatic heterocycles. The Hall–Kier alpha value is -1.40. The number of aromatic hydroxyl groups is 1. The molecule has 2 rings (SSSR count). The molecule has 6 heteroatoms. The van der Waals surface area contributed by atoms with E-state index in [9.17, 15) is 5.11 Å². The van der Waals surface area contributed by atoms with Crippen LogP contribution in [-0.2, 0) is 4.74 Å². The Labute approximate surface area is 107 Å². The number of methoxy groups -OCH3 is 1. The van der Waals surface area contributed by atoms with Crippen molar-refractivity contribution in [2.45, 2.75) is 13.0 Å². The van der Waals surface area contributed by atoms with Gasteiger partial charge >= 0.3 is 0 Å². The van der Waals surface area contributed by atoms with Gasteiger partial charge in [0.1, 0.15) is 11.9 Å². The fourth-order valence-corrected chi connectivity index (χ4v) is 1.65. The molecule has 0 saturated heterocycles. The first kappa shape index (κ1) is 12.1. The van der Waals surface area contributed by atoms with Crippen molar-refractivity contribution in [3.8, 4) is 17.2 Å². The van der Waals surface area contributed by atoms with E-state index in [2.05, 4.69) is 26.1 Å². The molecular weight excluding hydrogens is 288 g/mol. The second-order valence-corrected chi connectivity index (χ2v) is 4.41. The third-order valence-electron chi connectivity index (χ3n) is 2.35. The van der Waals surface area contributed by atoms with E-state index >= 15 is 0 Å². The smallest absolute Gasteiger partial charge is 0.261 e. The Morgan fingerprint density at radius 3 is 2.88 bits per heavy atom. The number of halogens is 1. The fraction of sp³-hybridized carbons (Fsp3) is 0.273. The predicted molar refractivity (Wildman–Crippen MR) is 64.5 cm³/mol. The van der Waals surface area contributed by atoms with Gasteiger partial charge in [-0.1, -0.05) is 21.1 Å². The lowest BCUT2D eigenvalue weighted by molar-refractivity contribution is 0.109. The highest BCUT2D eigenvalue weighted by Gasteiger charge is 2.16. The summed E-state index contributed by atoms with van der Waals surface area (Å²) in [6.45, 7) is 1.82. The minimum atomic E-state index is -0.245. The van der Waals surface area contributed by atoms with Gasteiger partial charge in [-0.25, -0.2) is 0 Å². The molecule has 1 heterocycles. The van der Waals surface area contributed by atoms with Crippen LogP contribution in [0.25, 0.3) is 11.5 Å². The first-order valence-corrected chi connectivity index (χ1v) is 5.76. The highest BCUT2D eigenvalue weighted by Crippen LogP contribution is 2.31. The molecule has 1 aromatic heterocycles. The van der Waals surface area contributed by atoms with Crippen LogP contribution in [0, 0.1) is 0 Å². The summed E-state index contributed by atoms with van der Waals surface area (Å²) in [5.41, 5.74) is 0.496. The number of nitrogens with zero attached hydrogens (tertiary/aromatic N) is 2. The van der Waals surface area contributed by atoms with Crippen LogP contribution in [0.4, 0.5) is 0 Å². The van der Waals surface area contributed by atoms with Crippen molar-refractivity contribution in [1.29, 1.82) is 0 Å². The molecule has 0 bridgehead atoms. The molecule has 1 aromatic carbocycles. The van der Waals surface area contributed by atoms with Crippen LogP contribution in [0.15, 0.2) is 27.2 Å². The highest BCUT2D eigenvalue weighted by molar-refractivity contribution is 9.10. The molecule has 0 aliphatic carbocycles. The second kappa shape index (κ2) is 4.85. The number of rotatable bonds is 3. The van der Waals surface area contributed by atoms with Crippen molar-refractivity contribution in [2.24, 2.45) is 0 Å². The SMILES string of the molecule is COC(C)c1noc(-c2ccc(Br)cc2O)n1. The van der Waals surface area contributed by atoms with Gasteiger partial charge in [0.05, 0.1) is 5.56 Å². The van der Waals surface area contributed by atoms with E-state index in [-0.39, 0.29) is 17.7 Å². The molecule has 0 amide bonds. The molecule has 2 aromatic rings. The van der Waals surface area contributed by atoms with Crippen LogP contribution in [0.1, 0.15) is 18.9 Å². The molecule has 5 nitrogen and oxygen atoms in total. The number of ether oxygens (including phenoxy) is 1. The van der Waals surface area contributed by atoms with Crippen molar-refractivity contribution in [2.75, 3.05) is 7.11 Å². The van der Waals surface area contributed by atoms with Crippen molar-refractivity contribution in [1.82, 2.24) is 10.1 Å². The number of aromatic nitrogens is 2. The van der Waals surface area contributed by atoms with E-state index < -0.39 is 0 Å². The summed E-state index contributed by atoms with van der Waals surface area (Å²) in [4.78, 5) is 4.16. The molecule has 90 valence electrons. The summed E-state index contributed by atoms with van der Waals surface area (Å²) in [6.07, 6.45) is -0.245. The van der Waals surface area contributed by atoms with Gasteiger partial charge in [-0.05, 0) is 25.1 Å². The van der Waals surface area contributed by atoms with E-state index in [0.29, 0.717) is 11.4 Å². The Morgan fingerprint density at radius 1 is 1.47 bits per heavy atom. The fourth-order valence-electron chi connectivity index (χ4n) is 1.30. The summed E-state index contributed by atoms with van der Waals surface area (Å²) in [5.74, 6) is 0.804. The van der Waals surface area contributed by atoms with E-state index in [1.807, 2.05) is 6.92 Å². The maximum Gasteiger partial charge on any atom is 0.261 e. The Balaban J connectivity index is 2.37. The average molecular weight is 299 g/mol. The van der Waals surface area contributed by atoms with Gasteiger partial charge in [-0.15, -0.1) is 0 Å². The first-order valence-electron chi connectivity index (χ1n) is 4.97. The largest absolute Gasteiger partial charge is 0.507 e. The van der Waals surface area contributed by atoms with E-state index in [4.69, 9.17) is 9.26 Å². The van der Waals surface area contributed by atoms with Crippen LogP contribution >= 0.6 is 15.9 Å². The normalized spacial score (nSPS) is 12.6. The van der Waals surface area contributed by atoms with Crippen LogP contribution in [-0.4, -0.2) is 22.4 Å². The van der Waals surface area contributed by atoms with Gasteiger partial charge in [0.2, 0.25) is 5.82 Å². The first-order chi connectivity index (χ1) is 8.11. The van der Waals surface area contributed by atoms with Gasteiger partial charge in [-0.3, -0.25) is 0 Å². The molecule has 1 atom stereocenters. The van der Waals surface area contributed by atoms with Gasteiger partial charge in [0, 0.05) is 11.6 Å². The number of phenolic OH excluding ortho intramolecular Hbond substituents is 1. The number of phenols is 1. The number of hydrogen-bond acceptors (Lipinski definition) is 5. The Bertz CT molecular complexity index is 527. The summed E-state index contributed by atoms with van der Waals surface area (Å²) in [7, 11) is 1.57. The van der Waals surface area contributed by atoms with Gasteiger partial charge < -0.3 is 14.4 Å². The summed E-state index contributed by atoms with van der Waals surface area (Å²) >= 11 is 3.26. The predicted octanol–water partition coefficient (Wildman–Crippen LogP) is 2.91. The standard InChI is InChI=1S/C11H11BrN2O3/c1-6(16-2)10-13-11(17-14-10)8-4-3-7(12)5-9(8)15/h3-6,15H,1-2H3. The lowest BCUT2D eigenvalue weighted by atomic mass is 10.2. The molecule has 0 fully saturated rings. The second-order valence-electron chi connectivity index (χ2n) is 3.50. The summed E-state index contributed by atoms with van der Waals surface area (Å²) in [5, 5.41) is 13.6. The van der Waals surface area contributed by atoms with Gasteiger partial charge in [-0.2, -0.15) is 4.98 Å². The van der Waals surface area contributed by atoms with E-state index in [1.54, 1.807) is 25.3 Å². The topological polar surface area (TPSA) is 68.4 Å². The average Bonchev–Trinajstić information content (AvgIpc) is 2.77. The Kier molecular flexibility index (Phi) is 3.44. The molecular formula is C11H11BrN2O3. The van der Waals surface area contributed by atoms with Crippen molar-refractivity contribution < 1.29 is 14.4 Å².